The van der Waals surface area contributed by atoms with E-state index in [4.69, 9.17) is 0 Å². The van der Waals surface area contributed by atoms with Crippen LogP contribution >= 0.6 is 0 Å². The van der Waals surface area contributed by atoms with Gasteiger partial charge in [0.05, 0.1) is 0 Å². The maximum Gasteiger partial charge on any atom is -0.0216 e. The molecule has 0 N–H and O–H groups in total. The average molecular weight is 785 g/mol. The molecule has 3 aromatic carbocycles. The van der Waals surface area contributed by atoms with Crippen LogP contribution in [0.15, 0.2) is 72.8 Å². The molecule has 0 amide bonds. The summed E-state index contributed by atoms with van der Waals surface area (Å²) in [4.78, 5) is 0. The second-order valence-electron chi connectivity index (χ2n) is 17.0. The number of hydrogen-bond donors (Lipinski definition) is 0. The Morgan fingerprint density at radius 3 is 1.00 bits per heavy atom. The topological polar surface area (TPSA) is 0 Å². The molecule has 0 spiro atoms. The second kappa shape index (κ2) is 39.1. The van der Waals surface area contributed by atoms with E-state index in [1.807, 2.05) is 27.7 Å². The Bertz CT molecular complexity index is 1220. The Morgan fingerprint density at radius 1 is 0.421 bits per heavy atom. The molecule has 0 unspecified atom stereocenters. The Hall–Kier alpha value is -2.34. The summed E-state index contributed by atoms with van der Waals surface area (Å²) >= 11 is 0. The second-order valence-corrected chi connectivity index (χ2v) is 17.0. The highest BCUT2D eigenvalue weighted by Gasteiger charge is 2.19. The fourth-order valence-electron chi connectivity index (χ4n) is 8.01. The molecule has 57 heavy (non-hydrogen) atoms. The fourth-order valence-corrected chi connectivity index (χ4v) is 8.01. The first-order chi connectivity index (χ1) is 27.6. The van der Waals surface area contributed by atoms with Gasteiger partial charge in [0.2, 0.25) is 0 Å². The van der Waals surface area contributed by atoms with Gasteiger partial charge in [0.15, 0.2) is 0 Å². The molecule has 0 radical (unpaired) electrons. The van der Waals surface area contributed by atoms with E-state index in [1.165, 1.54) is 120 Å². The van der Waals surface area contributed by atoms with Crippen molar-refractivity contribution in [2.24, 2.45) is 17.8 Å². The SMILES string of the molecule is CC.CC.CC(C)c1ccccc1CC1CCC1.CC(C)c1ccccc1CC1CCCCCCC1.CCC.CCCC(C)CCC.CCc1ccccc1CC. The molecule has 0 nitrogen and oxygen atoms in total. The van der Waals surface area contributed by atoms with Gasteiger partial charge in [-0.15, -0.1) is 0 Å². The van der Waals surface area contributed by atoms with Gasteiger partial charge in [0.1, 0.15) is 0 Å². The standard InChI is InChI=1S/C18H28.C14H20.C10H14.C8H18.C3H8.2C2H6/c1-15(2)18-13-9-8-12-17(18)14-16-10-6-4-3-5-7-11-16;1-11(2)14-9-4-3-8-13(14)10-12-6-5-7-12;1-3-9-7-5-6-8-10(9)4-2;1-4-6-8(3)7-5-2;1-3-2;2*1-2/h8-9,12-13,15-16H,3-7,10-11,14H2,1-2H3;3-4,8-9,11-12H,5-7,10H2,1-2H3;5-8H,3-4H2,1-2H3;8H,4-7H2,1-3H3;3H2,1-2H3;2*1-2H3. The van der Waals surface area contributed by atoms with Crippen molar-refractivity contribution in [3.8, 4) is 0 Å². The third kappa shape index (κ3) is 27.1. The molecule has 2 saturated carbocycles. The lowest BCUT2D eigenvalue weighted by Gasteiger charge is -2.26. The van der Waals surface area contributed by atoms with E-state index < -0.39 is 0 Å². The van der Waals surface area contributed by atoms with Gasteiger partial charge in [-0.05, 0) is 88.7 Å². The predicted molar refractivity (Wildman–Crippen MR) is 264 cm³/mol. The molecule has 0 aliphatic heterocycles. The summed E-state index contributed by atoms with van der Waals surface area (Å²) in [5.41, 5.74) is 9.30. The normalized spacial score (nSPS) is 13.8. The largest absolute Gasteiger partial charge is 0.0683 e. The highest BCUT2D eigenvalue weighted by molar-refractivity contribution is 5.31. The van der Waals surface area contributed by atoms with E-state index in [1.54, 1.807) is 22.3 Å². The lowest BCUT2D eigenvalue weighted by molar-refractivity contribution is 0.313. The van der Waals surface area contributed by atoms with E-state index in [0.717, 1.165) is 30.6 Å². The summed E-state index contributed by atoms with van der Waals surface area (Å²) < 4.78 is 0. The van der Waals surface area contributed by atoms with Gasteiger partial charge in [-0.2, -0.15) is 0 Å². The van der Waals surface area contributed by atoms with Gasteiger partial charge in [0, 0.05) is 0 Å². The minimum absolute atomic E-state index is 0.662. The van der Waals surface area contributed by atoms with E-state index >= 15 is 0 Å². The Kier molecular flexibility index (Phi) is 39.0. The zero-order valence-corrected chi connectivity index (χ0v) is 41.2. The molecule has 0 heteroatoms. The number of rotatable bonds is 12. The number of aryl methyl sites for hydroxylation is 2. The molecule has 0 saturated heterocycles. The van der Waals surface area contributed by atoms with Crippen molar-refractivity contribution in [3.63, 3.8) is 0 Å². The van der Waals surface area contributed by atoms with Crippen molar-refractivity contribution >= 4 is 0 Å². The predicted octanol–water partition coefficient (Wildman–Crippen LogP) is 19.4. The van der Waals surface area contributed by atoms with Gasteiger partial charge in [-0.25, -0.2) is 0 Å². The van der Waals surface area contributed by atoms with Gasteiger partial charge < -0.3 is 0 Å². The van der Waals surface area contributed by atoms with Crippen molar-refractivity contribution in [1.29, 1.82) is 0 Å². The maximum atomic E-state index is 2.36. The first-order valence-electron chi connectivity index (χ1n) is 24.9. The first kappa shape index (κ1) is 56.8. The molecule has 0 atom stereocenters. The van der Waals surface area contributed by atoms with Crippen molar-refractivity contribution in [2.45, 2.75) is 238 Å². The molecule has 0 heterocycles. The van der Waals surface area contributed by atoms with Crippen LogP contribution in [0.4, 0.5) is 0 Å². The Labute approximate surface area is 360 Å². The van der Waals surface area contributed by atoms with Crippen molar-refractivity contribution < 1.29 is 0 Å². The van der Waals surface area contributed by atoms with E-state index in [-0.39, 0.29) is 0 Å². The molecule has 2 aliphatic rings. The number of benzene rings is 3. The summed E-state index contributed by atoms with van der Waals surface area (Å²) in [6.07, 6.45) is 26.3. The van der Waals surface area contributed by atoms with Crippen LogP contribution in [0, 0.1) is 17.8 Å². The van der Waals surface area contributed by atoms with Crippen molar-refractivity contribution in [1.82, 2.24) is 0 Å². The van der Waals surface area contributed by atoms with E-state index in [0.29, 0.717) is 11.8 Å². The third-order valence-corrected chi connectivity index (χ3v) is 11.3. The number of hydrogen-bond acceptors (Lipinski definition) is 0. The van der Waals surface area contributed by atoms with Crippen molar-refractivity contribution in [2.75, 3.05) is 0 Å². The summed E-state index contributed by atoms with van der Waals surface area (Å²) in [5.74, 6) is 4.21. The van der Waals surface area contributed by atoms with Crippen LogP contribution in [0.1, 0.15) is 245 Å². The monoisotopic (exact) mass is 785 g/mol. The van der Waals surface area contributed by atoms with Gasteiger partial charge in [-0.1, -0.05) is 273 Å². The summed E-state index contributed by atoms with van der Waals surface area (Å²) in [7, 11) is 0. The van der Waals surface area contributed by atoms with Crippen LogP contribution in [0.5, 0.6) is 0 Å². The van der Waals surface area contributed by atoms with Gasteiger partial charge >= 0.3 is 0 Å². The molecule has 2 fully saturated rings. The van der Waals surface area contributed by atoms with Crippen LogP contribution in [-0.4, -0.2) is 0 Å². The Balaban J connectivity index is 0. The minimum Gasteiger partial charge on any atom is -0.0683 e. The molecular weight excluding hydrogens is 685 g/mol. The zero-order chi connectivity index (χ0) is 43.3. The highest BCUT2D eigenvalue weighted by Crippen LogP contribution is 2.32. The molecular formula is C57H100. The van der Waals surface area contributed by atoms with Crippen molar-refractivity contribution in [3.05, 3.63) is 106 Å². The van der Waals surface area contributed by atoms with Crippen LogP contribution in [0.25, 0.3) is 0 Å². The summed E-state index contributed by atoms with van der Waals surface area (Å²) in [6.45, 7) is 32.7. The quantitative estimate of drug-likeness (QED) is 0.172. The van der Waals surface area contributed by atoms with E-state index in [2.05, 4.69) is 149 Å². The molecule has 2 aliphatic carbocycles. The van der Waals surface area contributed by atoms with Crippen LogP contribution in [0.2, 0.25) is 0 Å². The highest BCUT2D eigenvalue weighted by atomic mass is 14.2. The molecule has 0 bridgehead atoms. The third-order valence-electron chi connectivity index (χ3n) is 11.3. The van der Waals surface area contributed by atoms with Crippen LogP contribution < -0.4 is 0 Å². The fraction of sp³-hybridized carbons (Fsp3) is 0.684. The van der Waals surface area contributed by atoms with Crippen LogP contribution in [0.3, 0.4) is 0 Å². The lowest BCUT2D eigenvalue weighted by Crippen LogP contribution is -2.14. The molecule has 3 aromatic rings. The molecule has 5 rings (SSSR count). The van der Waals surface area contributed by atoms with Gasteiger partial charge in [-0.3, -0.25) is 0 Å². The van der Waals surface area contributed by atoms with E-state index in [9.17, 15) is 0 Å². The summed E-state index contributed by atoms with van der Waals surface area (Å²) in [5, 5.41) is 0. The van der Waals surface area contributed by atoms with Crippen LogP contribution in [-0.2, 0) is 25.7 Å². The lowest BCUT2D eigenvalue weighted by atomic mass is 9.79. The summed E-state index contributed by atoms with van der Waals surface area (Å²) in [6, 6.07) is 26.7. The average Bonchev–Trinajstić information content (AvgIpc) is 3.20. The Morgan fingerprint density at radius 2 is 0.719 bits per heavy atom. The first-order valence-corrected chi connectivity index (χ1v) is 24.9. The maximum absolute atomic E-state index is 2.36. The zero-order valence-electron chi connectivity index (χ0n) is 41.2. The smallest absolute Gasteiger partial charge is 0.0216 e. The van der Waals surface area contributed by atoms with Gasteiger partial charge in [0.25, 0.3) is 0 Å². The molecule has 328 valence electrons. The minimum atomic E-state index is 0.662. The molecule has 0 aromatic heterocycles.